The molecule has 6 heteroatoms. The lowest BCUT2D eigenvalue weighted by molar-refractivity contribution is 0.0482. The van der Waals surface area contributed by atoms with Crippen LogP contribution in [0.25, 0.3) is 0 Å². The molecule has 0 saturated heterocycles. The second-order valence-corrected chi connectivity index (χ2v) is 6.76. The van der Waals surface area contributed by atoms with Crippen LogP contribution >= 0.6 is 0 Å². The molecule has 0 bridgehead atoms. The van der Waals surface area contributed by atoms with Gasteiger partial charge < -0.3 is 18.3 Å². The van der Waals surface area contributed by atoms with Crippen molar-refractivity contribution in [3.63, 3.8) is 0 Å². The highest BCUT2D eigenvalue weighted by Gasteiger charge is 2.37. The largest absolute Gasteiger partial charge is 0.460 e. The Labute approximate surface area is 169 Å². The molecule has 0 aliphatic rings. The van der Waals surface area contributed by atoms with E-state index in [4.69, 9.17) is 18.3 Å². The predicted octanol–water partition coefficient (Wildman–Crippen LogP) is 4.77. The van der Waals surface area contributed by atoms with Crippen LogP contribution in [0.2, 0.25) is 0 Å². The van der Waals surface area contributed by atoms with Gasteiger partial charge in [-0.3, -0.25) is 0 Å². The van der Waals surface area contributed by atoms with Crippen molar-refractivity contribution in [1.82, 2.24) is 0 Å². The van der Waals surface area contributed by atoms with Gasteiger partial charge in [-0.2, -0.15) is 0 Å². The Morgan fingerprint density at radius 1 is 0.793 bits per heavy atom. The van der Waals surface area contributed by atoms with E-state index >= 15 is 0 Å². The highest BCUT2D eigenvalue weighted by Crippen LogP contribution is 2.37. The summed E-state index contributed by atoms with van der Waals surface area (Å²) >= 11 is 0. The van der Waals surface area contributed by atoms with Gasteiger partial charge in [0.1, 0.15) is 11.5 Å². The Morgan fingerprint density at radius 2 is 1.28 bits per heavy atom. The van der Waals surface area contributed by atoms with Crippen molar-refractivity contribution in [3.8, 4) is 0 Å². The van der Waals surface area contributed by atoms with Crippen LogP contribution in [0, 0.1) is 0 Å². The fraction of sp³-hybridized carbons (Fsp3) is 0.304. The molecule has 2 aromatic heterocycles. The van der Waals surface area contributed by atoms with Crippen molar-refractivity contribution < 1.29 is 27.9 Å². The van der Waals surface area contributed by atoms with Crippen molar-refractivity contribution in [2.24, 2.45) is 0 Å². The molecule has 0 fully saturated rings. The third-order valence-corrected chi connectivity index (χ3v) is 4.65. The van der Waals surface area contributed by atoms with Crippen molar-refractivity contribution in [2.75, 3.05) is 13.2 Å². The number of benzene rings is 1. The molecular formula is C23H24O6. The zero-order valence-corrected chi connectivity index (χ0v) is 16.8. The Kier molecular flexibility index (Phi) is 6.22. The summed E-state index contributed by atoms with van der Waals surface area (Å²) in [6, 6.07) is 16.5. The maximum absolute atomic E-state index is 12.0. The van der Waals surface area contributed by atoms with E-state index in [2.05, 4.69) is 0 Å². The molecule has 0 aliphatic heterocycles. The van der Waals surface area contributed by atoms with Crippen molar-refractivity contribution in [1.29, 1.82) is 0 Å². The van der Waals surface area contributed by atoms with Crippen molar-refractivity contribution in [3.05, 3.63) is 83.2 Å². The smallest absolute Gasteiger partial charge is 0.374 e. The molecular weight excluding hydrogens is 372 g/mol. The molecule has 0 atom stereocenters. The van der Waals surface area contributed by atoms with Gasteiger partial charge in [-0.25, -0.2) is 9.59 Å². The number of hydrogen-bond acceptors (Lipinski definition) is 6. The third kappa shape index (κ3) is 4.42. The van der Waals surface area contributed by atoms with Gasteiger partial charge in [0, 0.05) is 0 Å². The second-order valence-electron chi connectivity index (χ2n) is 6.76. The van der Waals surface area contributed by atoms with E-state index in [1.54, 1.807) is 38.1 Å². The quantitative estimate of drug-likeness (QED) is 0.510. The highest BCUT2D eigenvalue weighted by atomic mass is 16.5. The van der Waals surface area contributed by atoms with Crippen molar-refractivity contribution in [2.45, 2.75) is 32.6 Å². The van der Waals surface area contributed by atoms with Crippen LogP contribution in [0.4, 0.5) is 0 Å². The van der Waals surface area contributed by atoms with Crippen LogP contribution in [0.5, 0.6) is 0 Å². The molecule has 0 spiro atoms. The first-order valence-electron chi connectivity index (χ1n) is 9.56. The van der Waals surface area contributed by atoms with E-state index in [9.17, 15) is 9.59 Å². The van der Waals surface area contributed by atoms with E-state index in [0.29, 0.717) is 17.9 Å². The molecule has 0 aliphatic carbocycles. The molecule has 0 saturated carbocycles. The minimum Gasteiger partial charge on any atom is -0.460 e. The lowest BCUT2D eigenvalue weighted by atomic mass is 9.79. The number of hydrogen-bond donors (Lipinski definition) is 0. The highest BCUT2D eigenvalue weighted by molar-refractivity contribution is 5.87. The average molecular weight is 396 g/mol. The normalized spacial score (nSPS) is 11.3. The Hall–Kier alpha value is -3.28. The number of carbonyl (C=O) groups is 2. The van der Waals surface area contributed by atoms with Crippen LogP contribution in [0.15, 0.2) is 63.4 Å². The molecule has 2 heterocycles. The lowest BCUT2D eigenvalue weighted by Crippen LogP contribution is -2.25. The first-order valence-corrected chi connectivity index (χ1v) is 9.56. The Balaban J connectivity index is 2.01. The summed E-state index contributed by atoms with van der Waals surface area (Å²) in [5.41, 5.74) is 0.301. The van der Waals surface area contributed by atoms with Crippen LogP contribution < -0.4 is 0 Å². The third-order valence-electron chi connectivity index (χ3n) is 4.65. The number of ether oxygens (including phenoxy) is 2. The maximum Gasteiger partial charge on any atom is 0.374 e. The van der Waals surface area contributed by atoms with Gasteiger partial charge in [-0.1, -0.05) is 30.3 Å². The average Bonchev–Trinajstić information content (AvgIpc) is 3.40. The zero-order valence-electron chi connectivity index (χ0n) is 16.8. The standard InChI is InChI=1S/C23H24O6/c1-4-26-21(24)17-11-13-19(28-17)23(3,15-16-9-7-6-8-10-16)20-14-12-18(29-20)22(25)27-5-2/h6-14H,4-5,15H2,1-3H3. The summed E-state index contributed by atoms with van der Waals surface area (Å²) in [6.07, 6.45) is 0.541. The summed E-state index contributed by atoms with van der Waals surface area (Å²) in [4.78, 5) is 24.1. The summed E-state index contributed by atoms with van der Waals surface area (Å²) < 4.78 is 21.8. The van der Waals surface area contributed by atoms with E-state index in [1.165, 1.54) is 0 Å². The minimum absolute atomic E-state index is 0.123. The number of carbonyl (C=O) groups excluding carboxylic acids is 2. The summed E-state index contributed by atoms with van der Waals surface area (Å²) in [7, 11) is 0. The summed E-state index contributed by atoms with van der Waals surface area (Å²) in [5, 5.41) is 0. The predicted molar refractivity (Wildman–Crippen MR) is 106 cm³/mol. The van der Waals surface area contributed by atoms with Gasteiger partial charge >= 0.3 is 11.9 Å². The van der Waals surface area contributed by atoms with Crippen LogP contribution in [-0.4, -0.2) is 25.2 Å². The van der Waals surface area contributed by atoms with E-state index < -0.39 is 17.4 Å². The SMILES string of the molecule is CCOC(=O)c1ccc(C(C)(Cc2ccccc2)c2ccc(C(=O)OCC)o2)o1. The first-order chi connectivity index (χ1) is 14.0. The van der Waals surface area contributed by atoms with E-state index in [-0.39, 0.29) is 24.7 Å². The zero-order chi connectivity index (χ0) is 20.9. The van der Waals surface area contributed by atoms with Crippen LogP contribution in [0.1, 0.15) is 59.0 Å². The van der Waals surface area contributed by atoms with Gasteiger partial charge in [0.15, 0.2) is 0 Å². The lowest BCUT2D eigenvalue weighted by Gasteiger charge is -2.25. The molecule has 152 valence electrons. The Bertz CT molecular complexity index is 910. The summed E-state index contributed by atoms with van der Waals surface area (Å²) in [6.45, 7) is 5.94. The first kappa shape index (κ1) is 20.5. The molecule has 0 N–H and O–H groups in total. The molecule has 3 aromatic rings. The fourth-order valence-corrected chi connectivity index (χ4v) is 3.19. The van der Waals surface area contributed by atoms with E-state index in [0.717, 1.165) is 5.56 Å². The van der Waals surface area contributed by atoms with Crippen LogP contribution in [0.3, 0.4) is 0 Å². The topological polar surface area (TPSA) is 78.9 Å². The molecule has 1 aromatic carbocycles. The van der Waals surface area contributed by atoms with E-state index in [1.807, 2.05) is 37.3 Å². The van der Waals surface area contributed by atoms with Gasteiger partial charge in [-0.05, 0) is 57.0 Å². The molecule has 0 amide bonds. The maximum atomic E-state index is 12.0. The van der Waals surface area contributed by atoms with Gasteiger partial charge in [0.05, 0.1) is 18.6 Å². The Morgan fingerprint density at radius 3 is 1.72 bits per heavy atom. The molecule has 0 radical (unpaired) electrons. The van der Waals surface area contributed by atoms with Crippen molar-refractivity contribution >= 4 is 11.9 Å². The molecule has 29 heavy (non-hydrogen) atoms. The van der Waals surface area contributed by atoms with Gasteiger partial charge in [0.2, 0.25) is 11.5 Å². The monoisotopic (exact) mass is 396 g/mol. The molecule has 6 nitrogen and oxygen atoms in total. The van der Waals surface area contributed by atoms with Crippen LogP contribution in [-0.2, 0) is 21.3 Å². The number of esters is 2. The second kappa shape index (κ2) is 8.82. The number of rotatable bonds is 8. The van der Waals surface area contributed by atoms with Gasteiger partial charge in [-0.15, -0.1) is 0 Å². The fourth-order valence-electron chi connectivity index (χ4n) is 3.19. The minimum atomic E-state index is -0.753. The number of furan rings is 2. The molecule has 3 rings (SSSR count). The van der Waals surface area contributed by atoms with Gasteiger partial charge in [0.25, 0.3) is 0 Å². The summed E-state index contributed by atoms with van der Waals surface area (Å²) in [5.74, 6) is 0.278. The molecule has 0 unspecified atom stereocenters.